The van der Waals surface area contributed by atoms with E-state index in [2.05, 4.69) is 57.1 Å². The Kier molecular flexibility index (Phi) is 17.4. The van der Waals surface area contributed by atoms with Gasteiger partial charge in [-0.15, -0.1) is 0 Å². The smallest absolute Gasteiger partial charge is 0.242 e. The van der Waals surface area contributed by atoms with Crippen LogP contribution in [-0.2, 0) is 37.2 Å². The Morgan fingerprint density at radius 3 is 1.85 bits per heavy atom. The zero-order valence-corrected chi connectivity index (χ0v) is 37.1. The van der Waals surface area contributed by atoms with E-state index in [-0.39, 0.29) is 42.0 Å². The summed E-state index contributed by atoms with van der Waals surface area (Å²) in [6.45, 7) is 10.6. The first kappa shape index (κ1) is 47.0. The van der Waals surface area contributed by atoms with Gasteiger partial charge in [-0.3, -0.25) is 14.4 Å². The summed E-state index contributed by atoms with van der Waals surface area (Å²) in [6, 6.07) is 33.3. The lowest BCUT2D eigenvalue weighted by Gasteiger charge is -2.29. The minimum atomic E-state index is -3.73. The van der Waals surface area contributed by atoms with Crippen LogP contribution in [0, 0.1) is 24.7 Å². The Morgan fingerprint density at radius 2 is 1.28 bits per heavy atom. The van der Waals surface area contributed by atoms with E-state index in [4.69, 9.17) is 0 Å². The Bertz CT molecular complexity index is 2240. The normalized spacial score (nSPS) is 13.8. The maximum atomic E-state index is 14.7. The highest BCUT2D eigenvalue weighted by Gasteiger charge is 2.31. The van der Waals surface area contributed by atoms with Gasteiger partial charge in [-0.1, -0.05) is 137 Å². The molecule has 5 N–H and O–H groups in total. The zero-order valence-electron chi connectivity index (χ0n) is 36.3. The topological polar surface area (TPSA) is 154 Å². The number of hydrogen-bond donors (Lipinski definition) is 5. The third-order valence-corrected chi connectivity index (χ3v) is 13.0. The van der Waals surface area contributed by atoms with Crippen molar-refractivity contribution in [3.63, 3.8) is 0 Å². The van der Waals surface area contributed by atoms with Crippen molar-refractivity contribution in [2.24, 2.45) is 17.8 Å². The summed E-state index contributed by atoms with van der Waals surface area (Å²) >= 11 is 0. The highest BCUT2D eigenvalue weighted by Crippen LogP contribution is 2.27. The SMILES string of the molecule is CC[C@H](C)CNC(=O)C[C@H](O)[C@H](CC(C)C)NC(=O)[C@H](CCCCNS(=O)(=O)c1ccc(C)cc1)NC(=O)C(Cc1cccc2ccccc12)Cc1cccc2ccccc12. The fourth-order valence-corrected chi connectivity index (χ4v) is 8.78. The van der Waals surface area contributed by atoms with Crippen LogP contribution >= 0.6 is 0 Å². The Balaban J connectivity index is 1.39. The number of nitrogens with one attached hydrogen (secondary N) is 4. The number of amides is 3. The van der Waals surface area contributed by atoms with Gasteiger partial charge in [0, 0.05) is 19.0 Å². The lowest BCUT2D eigenvalue weighted by atomic mass is 9.87. The number of carbonyl (C=O) groups excluding carboxylic acids is 3. The number of aliphatic hydroxyl groups excluding tert-OH is 1. The van der Waals surface area contributed by atoms with Gasteiger partial charge in [0.05, 0.1) is 23.5 Å². The van der Waals surface area contributed by atoms with E-state index >= 15 is 0 Å². The number of hydrogen-bond acceptors (Lipinski definition) is 6. The van der Waals surface area contributed by atoms with E-state index in [1.165, 1.54) is 0 Å². The van der Waals surface area contributed by atoms with Crippen molar-refractivity contribution in [2.75, 3.05) is 13.1 Å². The summed E-state index contributed by atoms with van der Waals surface area (Å²) in [7, 11) is -3.73. The monoisotopic (exact) mass is 848 g/mol. The van der Waals surface area contributed by atoms with Crippen LogP contribution in [0.1, 0.15) is 82.9 Å². The van der Waals surface area contributed by atoms with E-state index in [1.54, 1.807) is 24.3 Å². The first-order valence-electron chi connectivity index (χ1n) is 21.8. The number of aryl methyl sites for hydroxylation is 1. The minimum absolute atomic E-state index is 0.0866. The first-order valence-corrected chi connectivity index (χ1v) is 23.3. The second-order valence-electron chi connectivity index (χ2n) is 17.0. The van der Waals surface area contributed by atoms with Crippen LogP contribution in [-0.4, -0.2) is 62.5 Å². The fraction of sp³-hybridized carbons (Fsp3) is 0.420. The van der Waals surface area contributed by atoms with Gasteiger partial charge in [-0.05, 0) is 102 Å². The van der Waals surface area contributed by atoms with Crippen molar-refractivity contribution < 1.29 is 27.9 Å². The largest absolute Gasteiger partial charge is 0.390 e. The van der Waals surface area contributed by atoms with Crippen LogP contribution in [0.3, 0.4) is 0 Å². The Morgan fingerprint density at radius 1 is 0.705 bits per heavy atom. The van der Waals surface area contributed by atoms with Gasteiger partial charge in [-0.25, -0.2) is 13.1 Å². The average molecular weight is 849 g/mol. The third-order valence-electron chi connectivity index (χ3n) is 11.5. The zero-order chi connectivity index (χ0) is 43.9. The molecule has 11 heteroatoms. The standard InChI is InChI=1S/C50H64N4O6S/c1-6-35(4)33-51-48(56)32-47(55)46(29-34(2)3)54-50(58)45(23-11-12-28-52-61(59,60)42-26-24-36(5)25-27-42)53-49(57)41(30-39-19-13-17-37-15-7-9-21-43(37)39)31-40-20-14-18-38-16-8-10-22-44(38)40/h7-10,13-22,24-27,34-35,41,45-47,52,55H,6,11-12,23,28-33H2,1-5H3,(H,51,56)(H,53,57)(H,54,58)/t35-,45-,46-,47-/m0/s1. The van der Waals surface area contributed by atoms with E-state index in [1.807, 2.05) is 83.1 Å². The predicted molar refractivity (Wildman–Crippen MR) is 245 cm³/mol. The summed E-state index contributed by atoms with van der Waals surface area (Å²) < 4.78 is 28.6. The van der Waals surface area contributed by atoms with Crippen LogP contribution in [0.4, 0.5) is 0 Å². The molecular formula is C50H64N4O6S. The molecule has 0 unspecified atom stereocenters. The number of unbranched alkanes of at least 4 members (excludes halogenated alkanes) is 1. The average Bonchev–Trinajstić information content (AvgIpc) is 3.24. The van der Waals surface area contributed by atoms with Crippen molar-refractivity contribution in [1.29, 1.82) is 0 Å². The molecule has 0 radical (unpaired) electrons. The van der Waals surface area contributed by atoms with Crippen molar-refractivity contribution in [1.82, 2.24) is 20.7 Å². The first-order chi connectivity index (χ1) is 29.2. The van der Waals surface area contributed by atoms with Crippen LogP contribution in [0.25, 0.3) is 21.5 Å². The Labute approximate surface area is 362 Å². The van der Waals surface area contributed by atoms with Gasteiger partial charge in [0.1, 0.15) is 6.04 Å². The number of aliphatic hydroxyl groups is 1. The molecule has 0 aliphatic rings. The van der Waals surface area contributed by atoms with Crippen LogP contribution < -0.4 is 20.7 Å². The molecule has 0 saturated carbocycles. The number of benzene rings is 5. The maximum Gasteiger partial charge on any atom is 0.242 e. The van der Waals surface area contributed by atoms with Gasteiger partial charge in [0.25, 0.3) is 0 Å². The second kappa shape index (κ2) is 22.7. The molecule has 61 heavy (non-hydrogen) atoms. The van der Waals surface area contributed by atoms with E-state index in [0.717, 1.165) is 44.7 Å². The molecule has 5 aromatic carbocycles. The summed E-state index contributed by atoms with van der Waals surface area (Å²) in [5.41, 5.74) is 2.99. The predicted octanol–water partition coefficient (Wildman–Crippen LogP) is 7.78. The van der Waals surface area contributed by atoms with Crippen molar-refractivity contribution in [3.8, 4) is 0 Å². The molecule has 5 aromatic rings. The van der Waals surface area contributed by atoms with Crippen molar-refractivity contribution >= 4 is 49.3 Å². The summed E-state index contributed by atoms with van der Waals surface area (Å²) in [5, 5.41) is 24.6. The molecule has 0 aliphatic heterocycles. The quantitative estimate of drug-likeness (QED) is 0.0424. The van der Waals surface area contributed by atoms with Gasteiger partial charge in [0.15, 0.2) is 0 Å². The lowest BCUT2D eigenvalue weighted by molar-refractivity contribution is -0.132. The van der Waals surface area contributed by atoms with Crippen LogP contribution in [0.5, 0.6) is 0 Å². The molecule has 4 atom stereocenters. The number of carbonyl (C=O) groups is 3. The molecule has 0 saturated heterocycles. The third kappa shape index (κ3) is 14.0. The van der Waals surface area contributed by atoms with Gasteiger partial charge in [-0.2, -0.15) is 0 Å². The molecule has 3 amide bonds. The number of rotatable bonds is 23. The van der Waals surface area contributed by atoms with Crippen LogP contribution in [0.15, 0.2) is 114 Å². The molecule has 0 fully saturated rings. The molecule has 0 spiro atoms. The second-order valence-corrected chi connectivity index (χ2v) is 18.8. The van der Waals surface area contributed by atoms with Crippen LogP contribution in [0.2, 0.25) is 0 Å². The van der Waals surface area contributed by atoms with Crippen molar-refractivity contribution in [2.45, 2.75) is 109 Å². The molecular weight excluding hydrogens is 785 g/mol. The highest BCUT2D eigenvalue weighted by molar-refractivity contribution is 7.89. The summed E-state index contributed by atoms with van der Waals surface area (Å²) in [4.78, 5) is 42.2. The molecule has 0 bridgehead atoms. The highest BCUT2D eigenvalue weighted by atomic mass is 32.2. The molecule has 0 aromatic heterocycles. The van der Waals surface area contributed by atoms with Gasteiger partial charge >= 0.3 is 0 Å². The van der Waals surface area contributed by atoms with Gasteiger partial charge in [0.2, 0.25) is 27.7 Å². The molecule has 10 nitrogen and oxygen atoms in total. The van der Waals surface area contributed by atoms with Crippen molar-refractivity contribution in [3.05, 3.63) is 126 Å². The summed E-state index contributed by atoms with van der Waals surface area (Å²) in [5.74, 6) is -1.22. The van der Waals surface area contributed by atoms with E-state index in [9.17, 15) is 27.9 Å². The lowest BCUT2D eigenvalue weighted by Crippen LogP contribution is -2.54. The number of sulfonamides is 1. The molecule has 0 aliphatic carbocycles. The molecule has 326 valence electrons. The Hall–Kier alpha value is -5.10. The fourth-order valence-electron chi connectivity index (χ4n) is 7.71. The minimum Gasteiger partial charge on any atom is -0.390 e. The number of fused-ring (bicyclic) bond motifs is 2. The van der Waals surface area contributed by atoms with Gasteiger partial charge < -0.3 is 21.1 Å². The van der Waals surface area contributed by atoms with E-state index in [0.29, 0.717) is 44.6 Å². The summed E-state index contributed by atoms with van der Waals surface area (Å²) in [6.07, 6.45) is 1.89. The molecule has 5 rings (SSSR count). The maximum absolute atomic E-state index is 14.7. The molecule has 0 heterocycles. The van der Waals surface area contributed by atoms with E-state index < -0.39 is 40.0 Å².